The fraction of sp³-hybridized carbons (Fsp3) is 0.424. The number of nitrogens with zero attached hydrogens (tertiary/aromatic N) is 2. The highest BCUT2D eigenvalue weighted by Crippen LogP contribution is 2.33. The van der Waals surface area contributed by atoms with E-state index >= 15 is 4.39 Å². The topological polar surface area (TPSA) is 106 Å². The van der Waals surface area contributed by atoms with Gasteiger partial charge in [0.2, 0.25) is 0 Å². The molecule has 0 radical (unpaired) electrons. The molecule has 11 heteroatoms. The van der Waals surface area contributed by atoms with Gasteiger partial charge in [0.15, 0.2) is 11.6 Å². The molecule has 4 rings (SSSR count). The number of aromatic nitrogens is 1. The van der Waals surface area contributed by atoms with Crippen LogP contribution in [0.1, 0.15) is 74.9 Å². The minimum absolute atomic E-state index is 0. The lowest BCUT2D eigenvalue weighted by molar-refractivity contribution is -0.108. The Hall–Kier alpha value is -3.67. The lowest BCUT2D eigenvalue weighted by atomic mass is 9.92. The summed E-state index contributed by atoms with van der Waals surface area (Å²) in [7, 11) is 0. The number of pyridine rings is 1. The first-order chi connectivity index (χ1) is 20.5. The molecule has 2 heterocycles. The van der Waals surface area contributed by atoms with Crippen molar-refractivity contribution >= 4 is 12.2 Å². The minimum Gasteiger partial charge on any atom is -0.412 e. The number of amides is 1. The minimum atomic E-state index is -1.09. The third-order valence-electron chi connectivity index (χ3n) is 7.72. The van der Waals surface area contributed by atoms with Crippen molar-refractivity contribution in [3.8, 4) is 11.1 Å². The van der Waals surface area contributed by atoms with Crippen LogP contribution in [0, 0.1) is 43.0 Å². The Balaban J connectivity index is 0.00000353. The zero-order valence-electron chi connectivity index (χ0n) is 25.4. The summed E-state index contributed by atoms with van der Waals surface area (Å²) in [6, 6.07) is 6.42. The summed E-state index contributed by atoms with van der Waals surface area (Å²) in [5.74, 6) is -3.38. The van der Waals surface area contributed by atoms with Crippen LogP contribution in [0.2, 0.25) is 0 Å². The third kappa shape index (κ3) is 8.49. The molecular formula is C33H44F4N4O3. The molecule has 3 aromatic rings. The summed E-state index contributed by atoms with van der Waals surface area (Å²) in [5, 5.41) is 6.08. The Bertz CT molecular complexity index is 1470. The lowest BCUT2D eigenvalue weighted by Crippen LogP contribution is -2.44. The van der Waals surface area contributed by atoms with Crippen molar-refractivity contribution in [1.82, 2.24) is 20.5 Å². The van der Waals surface area contributed by atoms with Crippen LogP contribution >= 0.6 is 0 Å². The van der Waals surface area contributed by atoms with E-state index in [9.17, 15) is 22.8 Å². The van der Waals surface area contributed by atoms with E-state index in [0.717, 1.165) is 25.6 Å². The molecule has 1 aromatic heterocycles. The van der Waals surface area contributed by atoms with E-state index in [0.29, 0.717) is 41.5 Å². The van der Waals surface area contributed by atoms with E-state index in [2.05, 4.69) is 15.6 Å². The van der Waals surface area contributed by atoms with Crippen molar-refractivity contribution in [2.75, 3.05) is 19.6 Å². The number of likely N-dealkylation sites (tertiary alicyclic amines) is 1. The summed E-state index contributed by atoms with van der Waals surface area (Å²) in [5.41, 5.74) is 2.33. The second kappa shape index (κ2) is 15.4. The van der Waals surface area contributed by atoms with Crippen molar-refractivity contribution in [2.24, 2.45) is 5.92 Å². The standard InChI is InChI=1S/C33H38F4N4O2.H2O.2H2/c1-19(2)12-24(39-33(43)29-7-6-26(35)30(40-29)18-41-9-5-10-41)17-38-28(8-11-42)25-15-22(16-27(36)32(25)37)31-20(3)13-23(34)14-21(31)4;;;/h6-7,11,13-16,19,24,28,38H,5,8-10,12,17-18H2,1-4H3,(H,39,43);1H2;2*1H/t24-,28-;;;/m0.../s1. The van der Waals surface area contributed by atoms with Crippen LogP contribution in [-0.2, 0) is 11.3 Å². The van der Waals surface area contributed by atoms with E-state index < -0.39 is 41.3 Å². The average molecular weight is 621 g/mol. The molecule has 0 unspecified atom stereocenters. The Morgan fingerprint density at radius 2 is 1.73 bits per heavy atom. The van der Waals surface area contributed by atoms with Crippen molar-refractivity contribution in [2.45, 2.75) is 65.6 Å². The van der Waals surface area contributed by atoms with Crippen molar-refractivity contribution < 1.29 is 35.5 Å². The number of nitrogens with one attached hydrogen (secondary N) is 2. The normalized spacial score (nSPS) is 14.5. The molecule has 2 aromatic carbocycles. The zero-order valence-corrected chi connectivity index (χ0v) is 25.4. The highest BCUT2D eigenvalue weighted by Gasteiger charge is 2.24. The van der Waals surface area contributed by atoms with Gasteiger partial charge in [-0.05, 0) is 104 Å². The van der Waals surface area contributed by atoms with Crippen LogP contribution in [0.5, 0.6) is 0 Å². The van der Waals surface area contributed by atoms with Crippen LogP contribution in [0.4, 0.5) is 17.6 Å². The number of carbonyl (C=O) groups excluding carboxylic acids is 2. The highest BCUT2D eigenvalue weighted by atomic mass is 19.2. The molecule has 4 N–H and O–H groups in total. The second-order valence-corrected chi connectivity index (χ2v) is 11.7. The number of carbonyl (C=O) groups is 2. The number of hydrogen-bond acceptors (Lipinski definition) is 5. The van der Waals surface area contributed by atoms with Crippen LogP contribution in [-0.4, -0.2) is 53.2 Å². The summed E-state index contributed by atoms with van der Waals surface area (Å²) in [6.07, 6.45) is 2.06. The number of rotatable bonds is 13. The van der Waals surface area contributed by atoms with E-state index in [1.165, 1.54) is 30.3 Å². The van der Waals surface area contributed by atoms with E-state index in [1.807, 2.05) is 18.7 Å². The molecule has 1 fully saturated rings. The van der Waals surface area contributed by atoms with Crippen molar-refractivity contribution in [3.05, 3.63) is 87.7 Å². The Morgan fingerprint density at radius 3 is 2.32 bits per heavy atom. The van der Waals surface area contributed by atoms with Gasteiger partial charge in [-0.1, -0.05) is 13.8 Å². The maximum atomic E-state index is 15.2. The van der Waals surface area contributed by atoms with Gasteiger partial charge in [0.25, 0.3) is 5.91 Å². The molecule has 44 heavy (non-hydrogen) atoms. The third-order valence-corrected chi connectivity index (χ3v) is 7.72. The number of halogens is 4. The molecule has 7 nitrogen and oxygen atoms in total. The fourth-order valence-electron chi connectivity index (χ4n) is 5.57. The summed E-state index contributed by atoms with van der Waals surface area (Å²) in [6.45, 7) is 9.54. The predicted molar refractivity (Wildman–Crippen MR) is 165 cm³/mol. The molecular weight excluding hydrogens is 576 g/mol. The quantitative estimate of drug-likeness (QED) is 0.184. The van der Waals surface area contributed by atoms with Crippen molar-refractivity contribution in [1.29, 1.82) is 0 Å². The first-order valence-corrected chi connectivity index (χ1v) is 14.6. The fourth-order valence-corrected chi connectivity index (χ4v) is 5.57. The second-order valence-electron chi connectivity index (χ2n) is 11.7. The zero-order chi connectivity index (χ0) is 31.3. The SMILES string of the molecule is Cc1cc(F)cc(C)c1-c1cc(F)c(F)c([C@H](CC=O)NC[C@H](CC(C)C)NC(=O)c2ccc(F)c(CN3CCC3)n2)c1.O.[HH].[HH]. The largest absolute Gasteiger partial charge is 0.412 e. The van der Waals surface area contributed by atoms with Crippen LogP contribution in [0.25, 0.3) is 11.1 Å². The van der Waals surface area contributed by atoms with Crippen LogP contribution in [0.15, 0.2) is 36.4 Å². The molecule has 1 saturated heterocycles. The molecule has 1 amide bonds. The molecule has 0 saturated carbocycles. The Labute approximate surface area is 258 Å². The van der Waals surface area contributed by atoms with Gasteiger partial charge in [0.1, 0.15) is 23.6 Å². The van der Waals surface area contributed by atoms with Crippen LogP contribution < -0.4 is 10.6 Å². The van der Waals surface area contributed by atoms with Gasteiger partial charge in [-0.3, -0.25) is 9.69 Å². The molecule has 0 bridgehead atoms. The number of hydrogen-bond donors (Lipinski definition) is 2. The van der Waals surface area contributed by atoms with Gasteiger partial charge < -0.3 is 20.9 Å². The predicted octanol–water partition coefficient (Wildman–Crippen LogP) is 5.86. The first kappa shape index (κ1) is 34.8. The summed E-state index contributed by atoms with van der Waals surface area (Å²) in [4.78, 5) is 31.1. The maximum Gasteiger partial charge on any atom is 0.270 e. The maximum absolute atomic E-state index is 15.2. The smallest absolute Gasteiger partial charge is 0.270 e. The summed E-state index contributed by atoms with van der Waals surface area (Å²) < 4.78 is 58.4. The molecule has 0 aliphatic carbocycles. The molecule has 2 atom stereocenters. The van der Waals surface area contributed by atoms with E-state index in [-0.39, 0.29) is 44.2 Å². The monoisotopic (exact) mass is 620 g/mol. The molecule has 242 valence electrons. The lowest BCUT2D eigenvalue weighted by Gasteiger charge is -2.30. The number of benzene rings is 2. The number of aldehydes is 1. The molecule has 1 aliphatic rings. The molecule has 0 spiro atoms. The van der Waals surface area contributed by atoms with Gasteiger partial charge in [-0.2, -0.15) is 0 Å². The average Bonchev–Trinajstić information content (AvgIpc) is 2.90. The van der Waals surface area contributed by atoms with E-state index in [1.54, 1.807) is 13.8 Å². The van der Waals surface area contributed by atoms with Crippen LogP contribution in [0.3, 0.4) is 0 Å². The number of aryl methyl sites for hydroxylation is 2. The Morgan fingerprint density at radius 1 is 1.05 bits per heavy atom. The molecule has 1 aliphatic heterocycles. The van der Waals surface area contributed by atoms with Crippen molar-refractivity contribution in [3.63, 3.8) is 0 Å². The van der Waals surface area contributed by atoms with Gasteiger partial charge in [0, 0.05) is 40.0 Å². The van der Waals surface area contributed by atoms with Gasteiger partial charge in [0.05, 0.1) is 5.69 Å². The van der Waals surface area contributed by atoms with E-state index in [4.69, 9.17) is 0 Å². The Kier molecular flexibility index (Phi) is 12.2. The van der Waals surface area contributed by atoms with Gasteiger partial charge in [-0.15, -0.1) is 0 Å². The van der Waals surface area contributed by atoms with Gasteiger partial charge >= 0.3 is 0 Å². The summed E-state index contributed by atoms with van der Waals surface area (Å²) >= 11 is 0. The first-order valence-electron chi connectivity index (χ1n) is 14.6. The highest BCUT2D eigenvalue weighted by molar-refractivity contribution is 5.92. The van der Waals surface area contributed by atoms with Gasteiger partial charge in [-0.25, -0.2) is 22.5 Å².